The van der Waals surface area contributed by atoms with E-state index in [0.29, 0.717) is 18.4 Å². The van der Waals surface area contributed by atoms with Gasteiger partial charge >= 0.3 is 12.0 Å². The summed E-state index contributed by atoms with van der Waals surface area (Å²) in [6.45, 7) is 3.75. The molecule has 18 heavy (non-hydrogen) atoms. The Morgan fingerprint density at radius 2 is 1.94 bits per heavy atom. The number of rotatable bonds is 3. The number of amides is 2. The zero-order valence-electron chi connectivity index (χ0n) is 11.0. The van der Waals surface area contributed by atoms with Crippen LogP contribution >= 0.6 is 0 Å². The van der Waals surface area contributed by atoms with Crippen LogP contribution in [0.5, 0.6) is 0 Å². The van der Waals surface area contributed by atoms with Crippen LogP contribution in [0.4, 0.5) is 4.79 Å². The zero-order valence-corrected chi connectivity index (χ0v) is 11.0. The molecular weight excluding hydrogens is 232 g/mol. The monoisotopic (exact) mass is 254 g/mol. The Morgan fingerprint density at radius 3 is 2.56 bits per heavy atom. The Bertz CT molecular complexity index is 307. The highest BCUT2D eigenvalue weighted by Gasteiger charge is 2.32. The van der Waals surface area contributed by atoms with Crippen molar-refractivity contribution in [3.8, 4) is 0 Å². The Labute approximate surface area is 108 Å². The predicted molar refractivity (Wildman–Crippen MR) is 67.1 cm³/mol. The number of ether oxygens (including phenoxy) is 1. The lowest BCUT2D eigenvalue weighted by molar-refractivity contribution is -0.141. The number of likely N-dealkylation sites (tertiary alicyclic amines) is 1. The highest BCUT2D eigenvalue weighted by atomic mass is 16.5. The van der Waals surface area contributed by atoms with Crippen LogP contribution in [0.25, 0.3) is 0 Å². The van der Waals surface area contributed by atoms with Crippen molar-refractivity contribution < 1.29 is 14.3 Å². The van der Waals surface area contributed by atoms with Gasteiger partial charge < -0.3 is 15.0 Å². The minimum Gasteiger partial charge on any atom is -0.465 e. The second-order valence-corrected chi connectivity index (χ2v) is 5.27. The molecule has 5 heteroatoms. The molecule has 1 saturated carbocycles. The number of carbonyl (C=O) groups is 2. The molecule has 0 aromatic heterocycles. The van der Waals surface area contributed by atoms with Crippen LogP contribution in [0.1, 0.15) is 32.6 Å². The number of fused-ring (bicyclic) bond motifs is 2. The van der Waals surface area contributed by atoms with Crippen LogP contribution in [0, 0.1) is 11.8 Å². The summed E-state index contributed by atoms with van der Waals surface area (Å²) >= 11 is 0. The summed E-state index contributed by atoms with van der Waals surface area (Å²) < 4.78 is 4.78. The van der Waals surface area contributed by atoms with Crippen LogP contribution in [-0.2, 0) is 9.53 Å². The molecule has 2 bridgehead atoms. The number of esters is 1. The van der Waals surface area contributed by atoms with Gasteiger partial charge in [0.05, 0.1) is 6.61 Å². The van der Waals surface area contributed by atoms with Gasteiger partial charge in [-0.1, -0.05) is 6.42 Å². The van der Waals surface area contributed by atoms with Gasteiger partial charge in [0.1, 0.15) is 6.54 Å². The second-order valence-electron chi connectivity index (χ2n) is 5.27. The Morgan fingerprint density at radius 1 is 1.28 bits per heavy atom. The van der Waals surface area contributed by atoms with E-state index >= 15 is 0 Å². The third kappa shape index (κ3) is 3.37. The van der Waals surface area contributed by atoms with Crippen molar-refractivity contribution >= 4 is 12.0 Å². The molecule has 2 rings (SSSR count). The molecule has 1 aliphatic heterocycles. The van der Waals surface area contributed by atoms with Crippen molar-refractivity contribution in [3.63, 3.8) is 0 Å². The number of urea groups is 1. The van der Waals surface area contributed by atoms with E-state index in [1.54, 1.807) is 6.92 Å². The second kappa shape index (κ2) is 6.07. The molecule has 0 radical (unpaired) electrons. The summed E-state index contributed by atoms with van der Waals surface area (Å²) in [5.74, 6) is 0.944. The van der Waals surface area contributed by atoms with Crippen LogP contribution in [0.2, 0.25) is 0 Å². The van der Waals surface area contributed by atoms with E-state index in [-0.39, 0.29) is 18.5 Å². The van der Waals surface area contributed by atoms with E-state index < -0.39 is 0 Å². The molecule has 1 heterocycles. The SMILES string of the molecule is CCOC(=O)CNC(=O)N1CC2CCCC(C2)C1. The summed E-state index contributed by atoms with van der Waals surface area (Å²) in [5, 5.41) is 2.64. The molecule has 1 aliphatic carbocycles. The van der Waals surface area contributed by atoms with Gasteiger partial charge in [0, 0.05) is 13.1 Å². The fourth-order valence-electron chi connectivity index (χ4n) is 3.07. The fourth-order valence-corrected chi connectivity index (χ4v) is 3.07. The minimum atomic E-state index is -0.372. The van der Waals surface area contributed by atoms with Crippen molar-refractivity contribution in [2.75, 3.05) is 26.2 Å². The number of carbonyl (C=O) groups excluding carboxylic acids is 2. The lowest BCUT2D eigenvalue weighted by Gasteiger charge is -2.41. The first kappa shape index (κ1) is 13.2. The van der Waals surface area contributed by atoms with E-state index in [1.165, 1.54) is 25.7 Å². The van der Waals surface area contributed by atoms with Gasteiger partial charge in [-0.3, -0.25) is 4.79 Å². The van der Waals surface area contributed by atoms with E-state index in [4.69, 9.17) is 4.74 Å². The maximum Gasteiger partial charge on any atom is 0.325 e. The lowest BCUT2D eigenvalue weighted by atomic mass is 9.78. The van der Waals surface area contributed by atoms with Gasteiger partial charge in [0.15, 0.2) is 0 Å². The molecular formula is C13H22N2O3. The van der Waals surface area contributed by atoms with Gasteiger partial charge in [-0.25, -0.2) is 4.79 Å². The molecule has 2 atom stereocenters. The third-order valence-corrected chi connectivity index (χ3v) is 3.83. The maximum absolute atomic E-state index is 11.9. The number of hydrogen-bond donors (Lipinski definition) is 1. The van der Waals surface area contributed by atoms with Gasteiger partial charge in [-0.2, -0.15) is 0 Å². The average Bonchev–Trinajstić information content (AvgIpc) is 2.36. The molecule has 0 aromatic rings. The summed E-state index contributed by atoms with van der Waals surface area (Å²) in [5.41, 5.74) is 0. The average molecular weight is 254 g/mol. The number of nitrogens with zero attached hydrogens (tertiary/aromatic N) is 1. The van der Waals surface area contributed by atoms with E-state index in [0.717, 1.165) is 13.1 Å². The van der Waals surface area contributed by atoms with Crippen molar-refractivity contribution in [2.24, 2.45) is 11.8 Å². The summed E-state index contributed by atoms with van der Waals surface area (Å²) in [4.78, 5) is 25.0. The minimum absolute atomic E-state index is 0.0293. The molecule has 2 aliphatic rings. The predicted octanol–water partition coefficient (Wildman–Crippen LogP) is 1.38. The van der Waals surface area contributed by atoms with Crippen LogP contribution in [0.15, 0.2) is 0 Å². The first-order valence-electron chi connectivity index (χ1n) is 6.87. The van der Waals surface area contributed by atoms with Gasteiger partial charge in [0.25, 0.3) is 0 Å². The van der Waals surface area contributed by atoms with E-state index in [2.05, 4.69) is 5.32 Å². The normalized spacial score (nSPS) is 26.6. The number of nitrogens with one attached hydrogen (secondary N) is 1. The molecule has 0 aromatic carbocycles. The van der Waals surface area contributed by atoms with Crippen molar-refractivity contribution in [2.45, 2.75) is 32.6 Å². The third-order valence-electron chi connectivity index (χ3n) is 3.83. The number of hydrogen-bond acceptors (Lipinski definition) is 3. The van der Waals surface area contributed by atoms with Gasteiger partial charge in [-0.15, -0.1) is 0 Å². The number of piperidine rings is 1. The fraction of sp³-hybridized carbons (Fsp3) is 0.846. The largest absolute Gasteiger partial charge is 0.465 e. The highest BCUT2D eigenvalue weighted by Crippen LogP contribution is 2.34. The Kier molecular flexibility index (Phi) is 4.44. The molecule has 102 valence electrons. The summed E-state index contributed by atoms with van der Waals surface area (Å²) in [6, 6.07) is -0.125. The van der Waals surface area contributed by atoms with Crippen LogP contribution < -0.4 is 5.32 Å². The molecule has 1 saturated heterocycles. The lowest BCUT2D eigenvalue weighted by Crippen LogP contribution is -2.50. The smallest absolute Gasteiger partial charge is 0.325 e. The molecule has 1 N–H and O–H groups in total. The topological polar surface area (TPSA) is 58.6 Å². The maximum atomic E-state index is 11.9. The molecule has 5 nitrogen and oxygen atoms in total. The standard InChI is InChI=1S/C13H22N2O3/c1-2-18-12(16)7-14-13(17)15-8-10-4-3-5-11(6-10)9-15/h10-11H,2-9H2,1H3,(H,14,17). The Balaban J connectivity index is 1.77. The summed E-state index contributed by atoms with van der Waals surface area (Å²) in [7, 11) is 0. The first-order valence-corrected chi connectivity index (χ1v) is 6.87. The van der Waals surface area contributed by atoms with E-state index in [1.807, 2.05) is 4.90 Å². The summed E-state index contributed by atoms with van der Waals surface area (Å²) in [6.07, 6.45) is 5.03. The zero-order chi connectivity index (χ0) is 13.0. The van der Waals surface area contributed by atoms with Gasteiger partial charge in [0.2, 0.25) is 0 Å². The van der Waals surface area contributed by atoms with Crippen molar-refractivity contribution in [3.05, 3.63) is 0 Å². The van der Waals surface area contributed by atoms with Gasteiger partial charge in [-0.05, 0) is 38.0 Å². The Hall–Kier alpha value is -1.26. The molecule has 2 fully saturated rings. The quantitative estimate of drug-likeness (QED) is 0.774. The van der Waals surface area contributed by atoms with E-state index in [9.17, 15) is 9.59 Å². The van der Waals surface area contributed by atoms with Crippen molar-refractivity contribution in [1.29, 1.82) is 0 Å². The first-order chi connectivity index (χ1) is 8.69. The van der Waals surface area contributed by atoms with Crippen LogP contribution in [0.3, 0.4) is 0 Å². The van der Waals surface area contributed by atoms with Crippen molar-refractivity contribution in [1.82, 2.24) is 10.2 Å². The molecule has 2 amide bonds. The molecule has 0 spiro atoms. The van der Waals surface area contributed by atoms with Crippen LogP contribution in [-0.4, -0.2) is 43.1 Å². The molecule has 2 unspecified atom stereocenters. The highest BCUT2D eigenvalue weighted by molar-refractivity contribution is 5.80.